The van der Waals surface area contributed by atoms with Gasteiger partial charge >= 0.3 is 0 Å². The van der Waals surface area contributed by atoms with Gasteiger partial charge in [0.1, 0.15) is 10.9 Å². The normalized spacial score (nSPS) is 10.5. The number of nitrogens with one attached hydrogen (secondary N) is 1. The largest absolute Gasteiger partial charge is 0.494 e. The molecule has 0 fully saturated rings. The first-order chi connectivity index (χ1) is 12.5. The Bertz CT molecular complexity index is 964. The number of nitrogens with zero attached hydrogens (tertiary/aromatic N) is 5. The van der Waals surface area contributed by atoms with Crippen molar-refractivity contribution in [3.63, 3.8) is 0 Å². The second kappa shape index (κ2) is 7.58. The van der Waals surface area contributed by atoms with Gasteiger partial charge in [-0.05, 0) is 30.4 Å². The molecular formula is C15H13ClN6O3S. The van der Waals surface area contributed by atoms with E-state index in [0.29, 0.717) is 27.8 Å². The van der Waals surface area contributed by atoms with Gasteiger partial charge in [0.15, 0.2) is 5.69 Å². The Labute approximate surface area is 157 Å². The summed E-state index contributed by atoms with van der Waals surface area (Å²) in [7, 11) is 2.97. The third kappa shape index (κ3) is 3.70. The van der Waals surface area contributed by atoms with Gasteiger partial charge in [-0.1, -0.05) is 16.7 Å². The molecule has 0 saturated heterocycles. The number of rotatable bonds is 5. The Morgan fingerprint density at radius 3 is 2.62 bits per heavy atom. The SMILES string of the molecule is COc1nnc(NC(=O)c2nnc(C)cc2-c2cc(Cl)ncc2OC)s1. The van der Waals surface area contributed by atoms with Gasteiger partial charge in [-0.2, -0.15) is 5.10 Å². The van der Waals surface area contributed by atoms with E-state index in [2.05, 4.69) is 30.7 Å². The van der Waals surface area contributed by atoms with Crippen LogP contribution in [0.2, 0.25) is 5.15 Å². The summed E-state index contributed by atoms with van der Waals surface area (Å²) in [6.45, 7) is 1.77. The van der Waals surface area contributed by atoms with Gasteiger partial charge in [0.05, 0.1) is 26.1 Å². The Kier molecular flexibility index (Phi) is 5.24. The molecule has 26 heavy (non-hydrogen) atoms. The number of aryl methyl sites for hydroxylation is 1. The molecule has 1 amide bonds. The van der Waals surface area contributed by atoms with Crippen LogP contribution in [0.4, 0.5) is 5.13 Å². The lowest BCUT2D eigenvalue weighted by molar-refractivity contribution is 0.102. The summed E-state index contributed by atoms with van der Waals surface area (Å²) in [6.07, 6.45) is 1.48. The van der Waals surface area contributed by atoms with Crippen LogP contribution < -0.4 is 14.8 Å². The van der Waals surface area contributed by atoms with E-state index in [4.69, 9.17) is 21.1 Å². The number of aromatic nitrogens is 5. The molecule has 0 atom stereocenters. The van der Waals surface area contributed by atoms with Crippen LogP contribution in [0.25, 0.3) is 11.1 Å². The van der Waals surface area contributed by atoms with Gasteiger partial charge in [0.25, 0.3) is 11.1 Å². The second-order valence-corrected chi connectivity index (χ2v) is 6.31. The number of carbonyl (C=O) groups is 1. The zero-order valence-corrected chi connectivity index (χ0v) is 15.6. The molecule has 3 aromatic heterocycles. The maximum absolute atomic E-state index is 12.7. The van der Waals surface area contributed by atoms with Crippen molar-refractivity contribution in [3.05, 3.63) is 34.9 Å². The summed E-state index contributed by atoms with van der Waals surface area (Å²) in [5, 5.41) is 19.1. The Morgan fingerprint density at radius 1 is 1.12 bits per heavy atom. The van der Waals surface area contributed by atoms with Gasteiger partial charge in [-0.3, -0.25) is 10.1 Å². The average molecular weight is 393 g/mol. The lowest BCUT2D eigenvalue weighted by Crippen LogP contribution is -2.16. The molecule has 0 spiro atoms. The van der Waals surface area contributed by atoms with Crippen molar-refractivity contribution < 1.29 is 14.3 Å². The molecule has 3 aromatic rings. The summed E-state index contributed by atoms with van der Waals surface area (Å²) < 4.78 is 10.3. The number of carbonyl (C=O) groups excluding carboxylic acids is 1. The van der Waals surface area contributed by atoms with Crippen LogP contribution in [0.3, 0.4) is 0 Å². The number of anilines is 1. The molecule has 0 aliphatic heterocycles. The lowest BCUT2D eigenvalue weighted by atomic mass is 10.0. The highest BCUT2D eigenvalue weighted by atomic mass is 35.5. The molecule has 3 rings (SSSR count). The van der Waals surface area contributed by atoms with Crippen LogP contribution >= 0.6 is 22.9 Å². The highest BCUT2D eigenvalue weighted by Gasteiger charge is 2.21. The van der Waals surface area contributed by atoms with E-state index in [0.717, 1.165) is 11.3 Å². The Morgan fingerprint density at radius 2 is 1.92 bits per heavy atom. The molecule has 0 aliphatic carbocycles. The van der Waals surface area contributed by atoms with Gasteiger partial charge in [-0.25, -0.2) is 4.98 Å². The van der Waals surface area contributed by atoms with Crippen LogP contribution in [0, 0.1) is 6.92 Å². The highest BCUT2D eigenvalue weighted by molar-refractivity contribution is 7.17. The van der Waals surface area contributed by atoms with E-state index >= 15 is 0 Å². The number of halogens is 1. The molecule has 0 bridgehead atoms. The van der Waals surface area contributed by atoms with Gasteiger partial charge < -0.3 is 9.47 Å². The second-order valence-electron chi connectivity index (χ2n) is 4.99. The maximum Gasteiger partial charge on any atom is 0.295 e. The molecule has 1 N–H and O–H groups in total. The number of ether oxygens (including phenoxy) is 2. The number of amides is 1. The molecule has 0 saturated carbocycles. The smallest absolute Gasteiger partial charge is 0.295 e. The molecule has 0 aliphatic rings. The van der Waals surface area contributed by atoms with Crippen molar-refractivity contribution in [1.82, 2.24) is 25.4 Å². The van der Waals surface area contributed by atoms with Crippen molar-refractivity contribution >= 4 is 34.0 Å². The Balaban J connectivity index is 2.03. The average Bonchev–Trinajstić information content (AvgIpc) is 3.09. The molecule has 3 heterocycles. The summed E-state index contributed by atoms with van der Waals surface area (Å²) in [5.41, 5.74) is 1.80. The standard InChI is InChI=1S/C15H13ClN6O3S/c1-7-4-9(8-5-11(16)17-6-10(8)24-2)12(20-19-7)13(23)18-14-21-22-15(25-3)26-14/h4-6H,1-3H3,(H,18,21,23). The van der Waals surface area contributed by atoms with E-state index in [1.807, 2.05) is 0 Å². The topological polar surface area (TPSA) is 112 Å². The van der Waals surface area contributed by atoms with Gasteiger partial charge in [0, 0.05) is 11.1 Å². The van der Waals surface area contributed by atoms with Gasteiger partial charge in [-0.15, -0.1) is 10.2 Å². The summed E-state index contributed by atoms with van der Waals surface area (Å²) >= 11 is 7.10. The first-order valence-corrected chi connectivity index (χ1v) is 8.44. The third-order valence-corrected chi connectivity index (χ3v) is 4.28. The molecular weight excluding hydrogens is 380 g/mol. The van der Waals surface area contributed by atoms with Crippen molar-refractivity contribution in [2.75, 3.05) is 19.5 Å². The first-order valence-electron chi connectivity index (χ1n) is 7.25. The fraction of sp³-hybridized carbons (Fsp3) is 0.200. The first kappa shape index (κ1) is 18.0. The molecule has 0 unspecified atom stereocenters. The molecule has 0 aromatic carbocycles. The minimum Gasteiger partial charge on any atom is -0.494 e. The third-order valence-electron chi connectivity index (χ3n) is 3.28. The van der Waals surface area contributed by atoms with Gasteiger partial charge in [0.2, 0.25) is 5.13 Å². The van der Waals surface area contributed by atoms with E-state index in [-0.39, 0.29) is 16.0 Å². The minimum absolute atomic E-state index is 0.0883. The molecule has 11 heteroatoms. The zero-order chi connectivity index (χ0) is 18.7. The number of hydrogen-bond donors (Lipinski definition) is 1. The highest BCUT2D eigenvalue weighted by Crippen LogP contribution is 2.33. The zero-order valence-electron chi connectivity index (χ0n) is 14.0. The van der Waals surface area contributed by atoms with Crippen LogP contribution in [-0.4, -0.2) is 45.5 Å². The predicted octanol–water partition coefficient (Wildman–Crippen LogP) is 2.62. The maximum atomic E-state index is 12.7. The predicted molar refractivity (Wildman–Crippen MR) is 96.0 cm³/mol. The number of pyridine rings is 1. The Hall–Kier alpha value is -2.85. The molecule has 134 valence electrons. The fourth-order valence-electron chi connectivity index (χ4n) is 2.15. The quantitative estimate of drug-likeness (QED) is 0.659. The molecule has 0 radical (unpaired) electrons. The fourth-order valence-corrected chi connectivity index (χ4v) is 2.87. The van der Waals surface area contributed by atoms with Crippen molar-refractivity contribution in [2.45, 2.75) is 6.92 Å². The lowest BCUT2D eigenvalue weighted by Gasteiger charge is -2.12. The molecule has 9 nitrogen and oxygen atoms in total. The van der Waals surface area contributed by atoms with Crippen LogP contribution in [0.5, 0.6) is 10.9 Å². The van der Waals surface area contributed by atoms with Crippen LogP contribution in [-0.2, 0) is 0 Å². The summed E-state index contributed by atoms with van der Waals surface area (Å²) in [5.74, 6) is -0.0466. The van der Waals surface area contributed by atoms with E-state index in [1.165, 1.54) is 20.4 Å². The van der Waals surface area contributed by atoms with E-state index in [9.17, 15) is 4.79 Å². The van der Waals surface area contributed by atoms with Crippen molar-refractivity contribution in [2.24, 2.45) is 0 Å². The minimum atomic E-state index is -0.499. The van der Waals surface area contributed by atoms with E-state index < -0.39 is 5.91 Å². The monoisotopic (exact) mass is 392 g/mol. The number of methoxy groups -OCH3 is 2. The van der Waals surface area contributed by atoms with Crippen LogP contribution in [0.1, 0.15) is 16.2 Å². The van der Waals surface area contributed by atoms with E-state index in [1.54, 1.807) is 19.1 Å². The number of hydrogen-bond acceptors (Lipinski definition) is 9. The summed E-state index contributed by atoms with van der Waals surface area (Å²) in [4.78, 5) is 16.7. The van der Waals surface area contributed by atoms with Crippen molar-refractivity contribution in [3.8, 4) is 22.1 Å². The summed E-state index contributed by atoms with van der Waals surface area (Å²) in [6, 6.07) is 3.32. The van der Waals surface area contributed by atoms with Crippen LogP contribution in [0.15, 0.2) is 18.3 Å². The van der Waals surface area contributed by atoms with Crippen molar-refractivity contribution in [1.29, 1.82) is 0 Å².